The Morgan fingerprint density at radius 2 is 2.00 bits per heavy atom. The maximum atomic E-state index is 12.1. The highest BCUT2D eigenvalue weighted by molar-refractivity contribution is 7.68. The van der Waals surface area contributed by atoms with Crippen molar-refractivity contribution in [1.29, 1.82) is 0 Å². The van der Waals surface area contributed by atoms with Crippen LogP contribution in [-0.4, -0.2) is 31.5 Å². The minimum Gasteiger partial charge on any atom is -0.465 e. The number of nitrogens with one attached hydrogen (secondary N) is 1. The van der Waals surface area contributed by atoms with Crippen molar-refractivity contribution in [3.05, 3.63) is 34.9 Å². The first kappa shape index (κ1) is 16.0. The zero-order valence-electron chi connectivity index (χ0n) is 12.7. The number of fused-ring (bicyclic) bond motifs is 1. The number of halogens is 1. The highest BCUT2D eigenvalue weighted by Crippen LogP contribution is 2.48. The highest BCUT2D eigenvalue weighted by Gasteiger charge is 2.30. The lowest BCUT2D eigenvalue weighted by molar-refractivity contribution is 0.0603. The third-order valence-electron chi connectivity index (χ3n) is 3.41. The minimum atomic E-state index is -0.451. The highest BCUT2D eigenvalue weighted by atomic mass is 35.5. The predicted octanol–water partition coefficient (Wildman–Crippen LogP) is 4.56. The van der Waals surface area contributed by atoms with E-state index in [-0.39, 0.29) is 0 Å². The van der Waals surface area contributed by atoms with E-state index in [1.807, 2.05) is 43.3 Å². The van der Waals surface area contributed by atoms with Gasteiger partial charge in [0.25, 0.3) is 0 Å². The van der Waals surface area contributed by atoms with Gasteiger partial charge in [0.1, 0.15) is 11.3 Å². The fourth-order valence-corrected chi connectivity index (χ4v) is 4.58. The molecule has 0 amide bonds. The average molecular weight is 368 g/mol. The monoisotopic (exact) mass is 367 g/mol. The fourth-order valence-electron chi connectivity index (χ4n) is 2.22. The summed E-state index contributed by atoms with van der Waals surface area (Å²) in [6.45, 7) is 0. The second-order valence-electron chi connectivity index (χ2n) is 5.05. The molecule has 1 aliphatic carbocycles. The number of rotatable bonds is 4. The third kappa shape index (κ3) is 2.87. The van der Waals surface area contributed by atoms with Crippen molar-refractivity contribution in [2.75, 3.05) is 31.4 Å². The maximum absolute atomic E-state index is 12.1. The van der Waals surface area contributed by atoms with Crippen LogP contribution in [0.3, 0.4) is 0 Å². The molecule has 8 heteroatoms. The molecular formula is C15H14ClN3O2S2. The van der Waals surface area contributed by atoms with Gasteiger partial charge in [0.05, 0.1) is 22.7 Å². The normalized spacial score (nSPS) is 10.8. The van der Waals surface area contributed by atoms with Crippen LogP contribution in [0.25, 0.3) is 10.6 Å². The Morgan fingerprint density at radius 3 is 2.61 bits per heavy atom. The summed E-state index contributed by atoms with van der Waals surface area (Å²) in [5, 5.41) is 3.71. The van der Waals surface area contributed by atoms with E-state index < -0.39 is 5.97 Å². The van der Waals surface area contributed by atoms with E-state index in [4.69, 9.17) is 16.3 Å². The second kappa shape index (κ2) is 6.35. The predicted molar refractivity (Wildman–Crippen MR) is 97.0 cm³/mol. The van der Waals surface area contributed by atoms with Gasteiger partial charge in [-0.15, -0.1) is 0 Å². The van der Waals surface area contributed by atoms with Crippen LogP contribution in [0.4, 0.5) is 17.1 Å². The van der Waals surface area contributed by atoms with E-state index in [1.54, 1.807) is 0 Å². The summed E-state index contributed by atoms with van der Waals surface area (Å²) < 4.78 is 9.16. The summed E-state index contributed by atoms with van der Waals surface area (Å²) in [7, 11) is 8.05. The smallest absolute Gasteiger partial charge is 0.342 e. The molecule has 120 valence electrons. The van der Waals surface area contributed by atoms with E-state index in [0.29, 0.717) is 22.0 Å². The molecule has 23 heavy (non-hydrogen) atoms. The first-order chi connectivity index (χ1) is 11.0. The summed E-state index contributed by atoms with van der Waals surface area (Å²) in [6.07, 6.45) is 0. The lowest BCUT2D eigenvalue weighted by Crippen LogP contribution is -2.08. The van der Waals surface area contributed by atoms with Gasteiger partial charge >= 0.3 is 5.97 Å². The molecule has 0 radical (unpaired) electrons. The van der Waals surface area contributed by atoms with Crippen molar-refractivity contribution in [3.8, 4) is 10.6 Å². The van der Waals surface area contributed by atoms with Crippen LogP contribution in [0, 0.1) is 0 Å². The van der Waals surface area contributed by atoms with Crippen molar-refractivity contribution in [2.45, 2.75) is 0 Å². The molecule has 0 bridgehead atoms. The molecule has 1 N–H and O–H groups in total. The Balaban J connectivity index is 2.02. The van der Waals surface area contributed by atoms with Crippen LogP contribution in [0.1, 0.15) is 10.4 Å². The average Bonchev–Trinajstić information content (AvgIpc) is 3.11. The maximum Gasteiger partial charge on any atom is 0.342 e. The van der Waals surface area contributed by atoms with Crippen molar-refractivity contribution in [2.24, 2.45) is 0 Å². The van der Waals surface area contributed by atoms with Gasteiger partial charge in [-0.05, 0) is 24.3 Å². The first-order valence-corrected chi connectivity index (χ1v) is 9.21. The lowest BCUT2D eigenvalue weighted by Gasteiger charge is -2.13. The molecular weight excluding hydrogens is 354 g/mol. The Labute approximate surface area is 146 Å². The second-order valence-corrected chi connectivity index (χ2v) is 7.28. The zero-order chi connectivity index (χ0) is 16.6. The number of carbonyl (C=O) groups is 1. The molecule has 5 nitrogen and oxygen atoms in total. The Hall–Kier alpha value is -1.83. The summed E-state index contributed by atoms with van der Waals surface area (Å²) in [6, 6.07) is 7.84. The van der Waals surface area contributed by atoms with Gasteiger partial charge in [0, 0.05) is 36.0 Å². The first-order valence-electron chi connectivity index (χ1n) is 6.72. The Morgan fingerprint density at radius 1 is 1.30 bits per heavy atom. The van der Waals surface area contributed by atoms with Crippen molar-refractivity contribution >= 4 is 55.5 Å². The standard InChI is InChI=1S/C15H14ClN3O2S2/c1-19(2)9-6-4-8(5-7-9)17-12-10(15(20)21-3)13-14(11(12)16)22-23-18-13/h4-7,17H,1-3H3. The topological polar surface area (TPSA) is 54.5 Å². The molecule has 0 fully saturated rings. The van der Waals surface area contributed by atoms with Gasteiger partial charge in [0.2, 0.25) is 0 Å². The van der Waals surface area contributed by atoms with Crippen LogP contribution in [-0.2, 0) is 4.74 Å². The van der Waals surface area contributed by atoms with Crippen LogP contribution >= 0.6 is 32.5 Å². The summed E-state index contributed by atoms with van der Waals surface area (Å²) in [4.78, 5) is 14.9. The molecule has 0 aromatic heterocycles. The van der Waals surface area contributed by atoms with Crippen LogP contribution in [0.2, 0.25) is 5.02 Å². The number of benzene rings is 1. The van der Waals surface area contributed by atoms with E-state index in [9.17, 15) is 4.79 Å². The zero-order valence-corrected chi connectivity index (χ0v) is 15.1. The van der Waals surface area contributed by atoms with Crippen molar-refractivity contribution < 1.29 is 9.53 Å². The number of anilines is 3. The van der Waals surface area contributed by atoms with Crippen LogP contribution in [0.15, 0.2) is 24.3 Å². The van der Waals surface area contributed by atoms with Crippen LogP contribution in [0.5, 0.6) is 0 Å². The molecule has 2 aliphatic rings. The number of ether oxygens (including phenoxy) is 1. The van der Waals surface area contributed by atoms with E-state index in [1.165, 1.54) is 28.0 Å². The molecule has 3 rings (SSSR count). The van der Waals surface area contributed by atoms with E-state index in [0.717, 1.165) is 16.3 Å². The van der Waals surface area contributed by atoms with Crippen molar-refractivity contribution in [3.63, 3.8) is 0 Å². The molecule has 0 saturated heterocycles. The number of hydrogen-bond acceptors (Lipinski definition) is 7. The molecule has 1 heterocycles. The van der Waals surface area contributed by atoms with Gasteiger partial charge in [0.15, 0.2) is 0 Å². The number of methoxy groups -OCH3 is 1. The number of carbonyl (C=O) groups excluding carboxylic acids is 1. The van der Waals surface area contributed by atoms with Crippen LogP contribution < -0.4 is 10.2 Å². The van der Waals surface area contributed by atoms with Crippen molar-refractivity contribution in [1.82, 2.24) is 4.37 Å². The quantitative estimate of drug-likeness (QED) is 0.541. The summed E-state index contributed by atoms with van der Waals surface area (Å²) >= 11 is 6.43. The molecule has 1 aromatic carbocycles. The largest absolute Gasteiger partial charge is 0.465 e. The molecule has 0 atom stereocenters. The van der Waals surface area contributed by atoms with Gasteiger partial charge in [-0.3, -0.25) is 0 Å². The van der Waals surface area contributed by atoms with Gasteiger partial charge < -0.3 is 15.0 Å². The summed E-state index contributed by atoms with van der Waals surface area (Å²) in [5.74, 6) is -0.451. The fraction of sp³-hybridized carbons (Fsp3) is 0.200. The van der Waals surface area contributed by atoms with Gasteiger partial charge in [-0.25, -0.2) is 4.79 Å². The molecule has 0 saturated carbocycles. The molecule has 0 unspecified atom stereocenters. The van der Waals surface area contributed by atoms with Gasteiger partial charge in [-0.1, -0.05) is 21.9 Å². The molecule has 1 aromatic rings. The van der Waals surface area contributed by atoms with Gasteiger partial charge in [-0.2, -0.15) is 4.37 Å². The number of esters is 1. The summed E-state index contributed by atoms with van der Waals surface area (Å²) in [5.41, 5.74) is 3.43. The SMILES string of the molecule is COC(=O)c1c2nssc-2c(Cl)c1Nc1ccc(N(C)C)cc1. The molecule has 0 spiro atoms. The lowest BCUT2D eigenvalue weighted by atomic mass is 10.2. The minimum absolute atomic E-state index is 0.377. The third-order valence-corrected chi connectivity index (χ3v) is 5.75. The van der Waals surface area contributed by atoms with E-state index in [2.05, 4.69) is 9.69 Å². The number of hydrogen-bond donors (Lipinski definition) is 1. The Bertz CT molecular complexity index is 811. The molecule has 1 aliphatic heterocycles. The number of aromatic nitrogens is 1. The number of nitrogens with zero attached hydrogens (tertiary/aromatic N) is 2. The van der Waals surface area contributed by atoms with E-state index >= 15 is 0 Å². The Kier molecular flexibility index (Phi) is 4.43.